The molecule has 5 heteroatoms. The fourth-order valence-corrected chi connectivity index (χ4v) is 3.21. The smallest absolute Gasteiger partial charge is 0.107 e. The van der Waals surface area contributed by atoms with Crippen molar-refractivity contribution in [2.75, 3.05) is 19.8 Å². The van der Waals surface area contributed by atoms with Gasteiger partial charge in [0.1, 0.15) is 6.10 Å². The third-order valence-corrected chi connectivity index (χ3v) is 4.40. The molecule has 0 aliphatic rings. The summed E-state index contributed by atoms with van der Waals surface area (Å²) in [6.07, 6.45) is 0.858. The number of rotatable bonds is 9. The van der Waals surface area contributed by atoms with Crippen molar-refractivity contribution >= 4 is 27.3 Å². The SMILES string of the molecule is CCC(N)C(OCCOCC(C)C)c1ccc(Br)s1. The minimum atomic E-state index is -0.0380. The van der Waals surface area contributed by atoms with Crippen LogP contribution in [0.4, 0.5) is 0 Å². The Kier molecular flexibility index (Phi) is 8.18. The Morgan fingerprint density at radius 1 is 1.32 bits per heavy atom. The quantitative estimate of drug-likeness (QED) is 0.685. The Hall–Kier alpha value is 0.0600. The zero-order chi connectivity index (χ0) is 14.3. The van der Waals surface area contributed by atoms with E-state index in [1.807, 2.05) is 6.07 Å². The van der Waals surface area contributed by atoms with Crippen molar-refractivity contribution in [1.29, 1.82) is 0 Å². The van der Waals surface area contributed by atoms with E-state index in [1.54, 1.807) is 11.3 Å². The summed E-state index contributed by atoms with van der Waals surface area (Å²) in [6, 6.07) is 4.13. The lowest BCUT2D eigenvalue weighted by atomic mass is 10.1. The van der Waals surface area contributed by atoms with Crippen LogP contribution in [0.25, 0.3) is 0 Å². The Labute approximate surface area is 128 Å². The van der Waals surface area contributed by atoms with Gasteiger partial charge in [-0.1, -0.05) is 20.8 Å². The first-order chi connectivity index (χ1) is 9.04. The molecule has 0 bridgehead atoms. The van der Waals surface area contributed by atoms with Crippen molar-refractivity contribution in [2.45, 2.75) is 39.3 Å². The van der Waals surface area contributed by atoms with Crippen molar-refractivity contribution in [1.82, 2.24) is 0 Å². The highest BCUT2D eigenvalue weighted by atomic mass is 79.9. The molecule has 0 saturated heterocycles. The topological polar surface area (TPSA) is 44.5 Å². The van der Waals surface area contributed by atoms with Crippen LogP contribution in [0.3, 0.4) is 0 Å². The van der Waals surface area contributed by atoms with Crippen LogP contribution in [0.5, 0.6) is 0 Å². The van der Waals surface area contributed by atoms with Crippen molar-refractivity contribution < 1.29 is 9.47 Å². The van der Waals surface area contributed by atoms with Crippen molar-refractivity contribution in [2.24, 2.45) is 11.7 Å². The lowest BCUT2D eigenvalue weighted by Gasteiger charge is -2.22. The number of nitrogens with two attached hydrogens (primary N) is 1. The highest BCUT2D eigenvalue weighted by molar-refractivity contribution is 9.11. The number of thiophene rings is 1. The van der Waals surface area contributed by atoms with Gasteiger partial charge >= 0.3 is 0 Å². The maximum atomic E-state index is 6.15. The molecule has 0 radical (unpaired) electrons. The van der Waals surface area contributed by atoms with Crippen LogP contribution in [0, 0.1) is 5.92 Å². The summed E-state index contributed by atoms with van der Waals surface area (Å²) in [5, 5.41) is 0. The second-order valence-electron chi connectivity index (χ2n) is 4.97. The Bertz CT molecular complexity index is 357. The number of halogens is 1. The first-order valence-corrected chi connectivity index (χ1v) is 8.35. The zero-order valence-corrected chi connectivity index (χ0v) is 14.3. The van der Waals surface area contributed by atoms with Gasteiger partial charge in [0.15, 0.2) is 0 Å². The third kappa shape index (κ3) is 6.36. The van der Waals surface area contributed by atoms with Gasteiger partial charge in [-0.15, -0.1) is 11.3 Å². The van der Waals surface area contributed by atoms with Crippen LogP contribution in [-0.4, -0.2) is 25.9 Å². The van der Waals surface area contributed by atoms with Gasteiger partial charge in [-0.05, 0) is 40.4 Å². The van der Waals surface area contributed by atoms with Gasteiger partial charge in [-0.3, -0.25) is 0 Å². The average Bonchev–Trinajstić information content (AvgIpc) is 2.79. The fourth-order valence-electron chi connectivity index (χ4n) is 1.67. The molecule has 0 spiro atoms. The van der Waals surface area contributed by atoms with Gasteiger partial charge < -0.3 is 15.2 Å². The van der Waals surface area contributed by atoms with Crippen LogP contribution in [0.15, 0.2) is 15.9 Å². The first-order valence-electron chi connectivity index (χ1n) is 6.74. The highest BCUT2D eigenvalue weighted by Crippen LogP contribution is 2.31. The monoisotopic (exact) mass is 349 g/mol. The van der Waals surface area contributed by atoms with Crippen molar-refractivity contribution in [3.63, 3.8) is 0 Å². The summed E-state index contributed by atoms with van der Waals surface area (Å²) in [6.45, 7) is 8.34. The van der Waals surface area contributed by atoms with E-state index < -0.39 is 0 Å². The molecule has 1 aromatic heterocycles. The first kappa shape index (κ1) is 17.1. The van der Waals surface area contributed by atoms with E-state index in [2.05, 4.69) is 42.8 Å². The van der Waals surface area contributed by atoms with E-state index >= 15 is 0 Å². The van der Waals surface area contributed by atoms with Crippen LogP contribution in [0.1, 0.15) is 38.2 Å². The molecule has 0 fully saturated rings. The standard InChI is InChI=1S/C14H24BrNO2S/c1-4-11(16)14(12-5-6-13(15)19-12)18-8-7-17-9-10(2)3/h5-6,10-11,14H,4,7-9,16H2,1-3H3. The molecule has 3 nitrogen and oxygen atoms in total. The second-order valence-corrected chi connectivity index (χ2v) is 7.47. The van der Waals surface area contributed by atoms with E-state index in [0.717, 1.165) is 16.8 Å². The number of ether oxygens (including phenoxy) is 2. The molecular formula is C14H24BrNO2S. The molecule has 0 aliphatic heterocycles. The van der Waals surface area contributed by atoms with Gasteiger partial charge in [0.25, 0.3) is 0 Å². The molecule has 110 valence electrons. The molecule has 1 aromatic rings. The van der Waals surface area contributed by atoms with Gasteiger partial charge in [-0.2, -0.15) is 0 Å². The maximum Gasteiger partial charge on any atom is 0.107 e. The lowest BCUT2D eigenvalue weighted by Crippen LogP contribution is -2.30. The molecule has 2 N–H and O–H groups in total. The van der Waals surface area contributed by atoms with E-state index in [-0.39, 0.29) is 12.1 Å². The molecule has 0 aromatic carbocycles. The molecule has 0 aliphatic carbocycles. The van der Waals surface area contributed by atoms with Crippen LogP contribution < -0.4 is 5.73 Å². The van der Waals surface area contributed by atoms with Crippen molar-refractivity contribution in [3.05, 3.63) is 20.8 Å². The Morgan fingerprint density at radius 2 is 2.05 bits per heavy atom. The van der Waals surface area contributed by atoms with Gasteiger partial charge in [0.05, 0.1) is 17.0 Å². The summed E-state index contributed by atoms with van der Waals surface area (Å²) in [5.41, 5.74) is 6.15. The number of hydrogen-bond donors (Lipinski definition) is 1. The molecule has 1 rings (SSSR count). The summed E-state index contributed by atoms with van der Waals surface area (Å²) in [4.78, 5) is 1.17. The molecule has 0 amide bonds. The predicted molar refractivity (Wildman–Crippen MR) is 84.6 cm³/mol. The van der Waals surface area contributed by atoms with E-state index in [1.165, 1.54) is 4.88 Å². The molecule has 1 heterocycles. The van der Waals surface area contributed by atoms with E-state index in [9.17, 15) is 0 Å². The molecule has 0 saturated carbocycles. The van der Waals surface area contributed by atoms with Crippen LogP contribution >= 0.6 is 27.3 Å². The van der Waals surface area contributed by atoms with E-state index in [4.69, 9.17) is 15.2 Å². The minimum Gasteiger partial charge on any atom is -0.379 e. The third-order valence-electron chi connectivity index (χ3n) is 2.71. The predicted octanol–water partition coefficient (Wildman–Crippen LogP) is 3.98. The Balaban J connectivity index is 2.43. The molecule has 2 atom stereocenters. The second kappa shape index (κ2) is 9.08. The van der Waals surface area contributed by atoms with Gasteiger partial charge in [-0.25, -0.2) is 0 Å². The summed E-state index contributed by atoms with van der Waals surface area (Å²) >= 11 is 5.16. The van der Waals surface area contributed by atoms with E-state index in [0.29, 0.717) is 19.1 Å². The van der Waals surface area contributed by atoms with Gasteiger partial charge in [0.2, 0.25) is 0 Å². The Morgan fingerprint density at radius 3 is 2.58 bits per heavy atom. The molecule has 19 heavy (non-hydrogen) atoms. The van der Waals surface area contributed by atoms with Crippen molar-refractivity contribution in [3.8, 4) is 0 Å². The normalized spacial score (nSPS) is 14.8. The number of hydrogen-bond acceptors (Lipinski definition) is 4. The van der Waals surface area contributed by atoms with Crippen LogP contribution in [0.2, 0.25) is 0 Å². The van der Waals surface area contributed by atoms with Crippen LogP contribution in [-0.2, 0) is 9.47 Å². The zero-order valence-electron chi connectivity index (χ0n) is 11.9. The summed E-state index contributed by atoms with van der Waals surface area (Å²) in [7, 11) is 0. The summed E-state index contributed by atoms with van der Waals surface area (Å²) in [5.74, 6) is 0.557. The summed E-state index contributed by atoms with van der Waals surface area (Å²) < 4.78 is 12.6. The lowest BCUT2D eigenvalue weighted by molar-refractivity contribution is -0.0108. The minimum absolute atomic E-state index is 0.0237. The fraction of sp³-hybridized carbons (Fsp3) is 0.714. The largest absolute Gasteiger partial charge is 0.379 e. The van der Waals surface area contributed by atoms with Gasteiger partial charge in [0, 0.05) is 17.5 Å². The molecular weight excluding hydrogens is 326 g/mol. The highest BCUT2D eigenvalue weighted by Gasteiger charge is 2.20. The average molecular weight is 350 g/mol. The maximum absolute atomic E-state index is 6.15. The molecule has 2 unspecified atom stereocenters.